The molecule has 0 aliphatic rings. The minimum Gasteiger partial charge on any atom is -1.00 e. The maximum Gasteiger partial charge on any atom is 2.00 e. The molecule has 0 fully saturated rings. The van der Waals surface area contributed by atoms with Crippen molar-refractivity contribution in [3.63, 3.8) is 0 Å². The fourth-order valence-electron chi connectivity index (χ4n) is 2.70. The van der Waals surface area contributed by atoms with Crippen LogP contribution in [0.15, 0.2) is 0 Å². The Morgan fingerprint density at radius 3 is 1.36 bits per heavy atom. The summed E-state index contributed by atoms with van der Waals surface area (Å²) < 4.78 is 4.55. The summed E-state index contributed by atoms with van der Waals surface area (Å²) in [4.78, 5) is 10.9. The van der Waals surface area contributed by atoms with Crippen molar-refractivity contribution in [3.05, 3.63) is 0 Å². The van der Waals surface area contributed by atoms with E-state index in [0.717, 1.165) is 12.8 Å². The Bertz CT molecular complexity index is 235. The van der Waals surface area contributed by atoms with Crippen LogP contribution in [0.5, 0.6) is 0 Å². The van der Waals surface area contributed by atoms with Gasteiger partial charge < -0.3 is 7.38 Å². The van der Waals surface area contributed by atoms with Gasteiger partial charge in [0.1, 0.15) is 0 Å². The number of carbonyl (C=O) groups is 1. The normalized spacial score (nSPS) is 10.3. The Kier molecular flexibility index (Phi) is 25.6. The van der Waals surface area contributed by atoms with Gasteiger partial charge in [0.15, 0.2) is 0 Å². The zero-order chi connectivity index (χ0) is 15.6. The molecule has 0 saturated carbocycles. The van der Waals surface area contributed by atoms with Crippen molar-refractivity contribution in [1.82, 2.24) is 0 Å². The second kappa shape index (κ2) is 22.2. The fraction of sp³-hybridized carbons (Fsp3) is 0.944. The van der Waals surface area contributed by atoms with E-state index >= 15 is 0 Å². The van der Waals surface area contributed by atoms with Crippen molar-refractivity contribution in [1.29, 1.82) is 0 Å². The van der Waals surface area contributed by atoms with E-state index in [-0.39, 0.29) is 46.6 Å². The van der Waals surface area contributed by atoms with Crippen LogP contribution in [0.3, 0.4) is 0 Å². The monoisotopic (exact) mass is 358 g/mol. The molecule has 0 aromatic carbocycles. The van der Waals surface area contributed by atoms with E-state index in [1.165, 1.54) is 83.5 Å². The molecular weight excluding hydrogens is 319 g/mol. The molecule has 0 rings (SSSR count). The molecule has 0 bridgehead atoms. The molecule has 0 aliphatic carbocycles. The van der Waals surface area contributed by atoms with Crippen LogP contribution < -0.4 is 0 Å². The Morgan fingerprint density at radius 1 is 0.727 bits per heavy atom. The number of rotatable bonds is 16. The van der Waals surface area contributed by atoms with Crippen LogP contribution in [-0.4, -0.2) is 43.7 Å². The summed E-state index contributed by atoms with van der Waals surface area (Å²) in [5, 5.41) is 0. The van der Waals surface area contributed by atoms with Gasteiger partial charge in [-0.25, -0.2) is 0 Å². The third-order valence-corrected chi connectivity index (χ3v) is 4.38. The molecule has 1 atom stereocenters. The molecule has 1 unspecified atom stereocenters. The van der Waals surface area contributed by atoms with Gasteiger partial charge in [0.25, 0.3) is 0 Å². The van der Waals surface area contributed by atoms with E-state index in [2.05, 4.69) is 11.4 Å². The van der Waals surface area contributed by atoms with E-state index in [1.54, 1.807) is 0 Å². The molecule has 0 aromatic heterocycles. The fourth-order valence-corrected chi connectivity index (χ4v) is 2.82. The first-order valence-electron chi connectivity index (χ1n) is 9.20. The van der Waals surface area contributed by atoms with Gasteiger partial charge in [-0.05, 0) is 6.42 Å². The third-order valence-electron chi connectivity index (χ3n) is 4.12. The minimum absolute atomic E-state index is 0. The molecular formula is C18H39CaO2P. The van der Waals surface area contributed by atoms with Crippen LogP contribution >= 0.6 is 9.47 Å². The molecule has 0 aliphatic heterocycles. The molecule has 0 amide bonds. The topological polar surface area (TPSA) is 26.3 Å². The van der Waals surface area contributed by atoms with Crippen LogP contribution in [0.2, 0.25) is 0 Å². The van der Waals surface area contributed by atoms with Crippen molar-refractivity contribution in [2.45, 2.75) is 110 Å². The maximum absolute atomic E-state index is 10.9. The van der Waals surface area contributed by atoms with Gasteiger partial charge in [-0.2, -0.15) is 0 Å². The first-order chi connectivity index (χ1) is 10.3. The summed E-state index contributed by atoms with van der Waals surface area (Å²) in [5.41, 5.74) is 0. The molecule has 0 radical (unpaired) electrons. The van der Waals surface area contributed by atoms with Gasteiger partial charge in [0.2, 0.25) is 0 Å². The predicted molar refractivity (Wildman–Crippen MR) is 103 cm³/mol. The molecule has 130 valence electrons. The van der Waals surface area contributed by atoms with Gasteiger partial charge in [0, 0.05) is 6.42 Å². The van der Waals surface area contributed by atoms with Gasteiger partial charge in [0.05, 0.1) is 9.47 Å². The zero-order valence-corrected chi connectivity index (χ0v) is 18.3. The van der Waals surface area contributed by atoms with E-state index in [4.69, 9.17) is 0 Å². The summed E-state index contributed by atoms with van der Waals surface area (Å²) in [6.45, 7) is 2.28. The molecule has 4 heteroatoms. The Hall–Kier alpha value is 1.16. The molecule has 2 nitrogen and oxygen atoms in total. The van der Waals surface area contributed by atoms with Crippen molar-refractivity contribution >= 4 is 53.2 Å². The van der Waals surface area contributed by atoms with Crippen molar-refractivity contribution in [3.8, 4) is 0 Å². The van der Waals surface area contributed by atoms with E-state index in [9.17, 15) is 4.79 Å². The van der Waals surface area contributed by atoms with Crippen LogP contribution in [-0.2, 0) is 9.32 Å². The second-order valence-corrected chi connectivity index (χ2v) is 6.43. The first kappa shape index (κ1) is 25.4. The Morgan fingerprint density at radius 2 is 1.05 bits per heavy atom. The minimum atomic E-state index is -0.102. The Balaban J connectivity index is -0.000000667. The largest absolute Gasteiger partial charge is 2.00 e. The summed E-state index contributed by atoms with van der Waals surface area (Å²) in [6.07, 6.45) is 20.9. The predicted octanol–water partition coefficient (Wildman–Crippen LogP) is 6.43. The number of carbonyl (C=O) groups excluding carboxylic acids is 1. The van der Waals surface area contributed by atoms with Gasteiger partial charge >= 0.3 is 43.7 Å². The van der Waals surface area contributed by atoms with Gasteiger partial charge in [-0.1, -0.05) is 96.8 Å². The third kappa shape index (κ3) is 21.2. The molecule has 22 heavy (non-hydrogen) atoms. The zero-order valence-electron chi connectivity index (χ0n) is 16.9. The molecule has 0 aromatic rings. The summed E-state index contributed by atoms with van der Waals surface area (Å²) >= 11 is 0. The summed E-state index contributed by atoms with van der Waals surface area (Å²) in [5.74, 6) is -0.102. The number of unbranched alkanes of at least 4 members (excludes halogenated alkanes) is 14. The molecule has 0 spiro atoms. The standard InChI is InChI=1S/C18H37O2P.Ca.2H/c1-2-3-4-5-6-7-8-9-10-11-12-13-14-15-16-17-18(19)20-21;;;/h2-17,21H2,1H3;;;/q;+2;2*-1. The van der Waals surface area contributed by atoms with Crippen molar-refractivity contribution < 1.29 is 12.2 Å². The van der Waals surface area contributed by atoms with Crippen molar-refractivity contribution in [2.24, 2.45) is 0 Å². The average molecular weight is 359 g/mol. The van der Waals surface area contributed by atoms with E-state index in [1.807, 2.05) is 9.47 Å². The average Bonchev–Trinajstić information content (AvgIpc) is 2.50. The van der Waals surface area contributed by atoms with Crippen molar-refractivity contribution in [2.75, 3.05) is 0 Å². The number of hydrogen-bond acceptors (Lipinski definition) is 2. The second-order valence-electron chi connectivity index (χ2n) is 6.19. The quantitative estimate of drug-likeness (QED) is 0.181. The first-order valence-corrected chi connectivity index (χ1v) is 9.68. The molecule has 0 heterocycles. The van der Waals surface area contributed by atoms with Crippen LogP contribution in [0.25, 0.3) is 0 Å². The molecule has 0 N–H and O–H groups in total. The van der Waals surface area contributed by atoms with Gasteiger partial charge in [-0.3, -0.25) is 4.79 Å². The number of hydrogen-bond donors (Lipinski definition) is 0. The summed E-state index contributed by atoms with van der Waals surface area (Å²) in [7, 11) is 2.02. The van der Waals surface area contributed by atoms with E-state index < -0.39 is 0 Å². The van der Waals surface area contributed by atoms with E-state index in [0.29, 0.717) is 6.42 Å². The van der Waals surface area contributed by atoms with Gasteiger partial charge in [-0.15, -0.1) is 0 Å². The smallest absolute Gasteiger partial charge is 1.00 e. The van der Waals surface area contributed by atoms with Crippen LogP contribution in [0.4, 0.5) is 0 Å². The summed E-state index contributed by atoms with van der Waals surface area (Å²) in [6, 6.07) is 0. The Labute approximate surface area is 174 Å². The SMILES string of the molecule is CCCCCCCCCCCCCCCCCC(=O)OP.[Ca+2].[H-].[H-]. The van der Waals surface area contributed by atoms with Crippen LogP contribution in [0, 0.1) is 0 Å². The van der Waals surface area contributed by atoms with Crippen LogP contribution in [0.1, 0.15) is 113 Å². The maximum atomic E-state index is 10.9. The molecule has 0 saturated heterocycles.